The molecule has 0 radical (unpaired) electrons. The van der Waals surface area contributed by atoms with Crippen LogP contribution in [0.4, 0.5) is 11.6 Å². The van der Waals surface area contributed by atoms with Crippen LogP contribution in [0, 0.1) is 20.8 Å². The second kappa shape index (κ2) is 4.78. The molecular weight excluding hydrogens is 278 g/mol. The molecule has 0 aliphatic heterocycles. The van der Waals surface area contributed by atoms with E-state index in [4.69, 9.17) is 5.73 Å². The topological polar surface area (TPSA) is 103 Å². The van der Waals surface area contributed by atoms with Gasteiger partial charge in [-0.15, -0.1) is 0 Å². The molecular formula is C12H17N5O2S. The van der Waals surface area contributed by atoms with Gasteiger partial charge in [-0.05, 0) is 43.5 Å². The van der Waals surface area contributed by atoms with Gasteiger partial charge in [-0.3, -0.25) is 0 Å². The minimum absolute atomic E-state index is 0.156. The van der Waals surface area contributed by atoms with Crippen LogP contribution in [0.15, 0.2) is 17.3 Å². The Labute approximate surface area is 117 Å². The van der Waals surface area contributed by atoms with Gasteiger partial charge in [0, 0.05) is 12.7 Å². The standard InChI is InChI=1S/C12H17N5O2S/c1-7-5-10(13)9(3)11(8(7)2)20(18,19)16-12-14-6-15-17(12)4/h5-6H,13H2,1-4H3,(H,14,15,16). The highest BCUT2D eigenvalue weighted by atomic mass is 32.2. The Morgan fingerprint density at radius 2 is 1.90 bits per heavy atom. The van der Waals surface area contributed by atoms with Crippen LogP contribution in [0.25, 0.3) is 0 Å². The summed E-state index contributed by atoms with van der Waals surface area (Å²) in [6, 6.07) is 1.77. The average Bonchev–Trinajstić information content (AvgIpc) is 2.72. The summed E-state index contributed by atoms with van der Waals surface area (Å²) in [6.07, 6.45) is 1.28. The molecule has 3 N–H and O–H groups in total. The molecule has 0 saturated carbocycles. The molecule has 1 aromatic heterocycles. The summed E-state index contributed by atoms with van der Waals surface area (Å²) in [5, 5.41) is 3.83. The van der Waals surface area contributed by atoms with Crippen LogP contribution in [0.5, 0.6) is 0 Å². The van der Waals surface area contributed by atoms with Crippen molar-refractivity contribution in [3.8, 4) is 0 Å². The summed E-state index contributed by atoms with van der Waals surface area (Å²) in [7, 11) is -2.16. The number of hydrogen-bond acceptors (Lipinski definition) is 5. The van der Waals surface area contributed by atoms with Crippen LogP contribution < -0.4 is 10.5 Å². The maximum Gasteiger partial charge on any atom is 0.264 e. The third-order valence-corrected chi connectivity index (χ3v) is 4.88. The highest BCUT2D eigenvalue weighted by Crippen LogP contribution is 2.28. The second-order valence-corrected chi connectivity index (χ2v) is 6.29. The molecule has 0 fully saturated rings. The smallest absolute Gasteiger partial charge is 0.264 e. The molecule has 0 amide bonds. The molecule has 0 atom stereocenters. The van der Waals surface area contributed by atoms with Gasteiger partial charge in [0.25, 0.3) is 10.0 Å². The van der Waals surface area contributed by atoms with Gasteiger partial charge in [0.1, 0.15) is 6.33 Å². The molecule has 8 heteroatoms. The molecule has 0 saturated heterocycles. The van der Waals surface area contributed by atoms with E-state index in [-0.39, 0.29) is 10.8 Å². The lowest BCUT2D eigenvalue weighted by atomic mass is 10.1. The fourth-order valence-corrected chi connectivity index (χ4v) is 3.62. The molecule has 0 unspecified atom stereocenters. The lowest BCUT2D eigenvalue weighted by Gasteiger charge is -2.15. The number of aromatic nitrogens is 3. The zero-order valence-electron chi connectivity index (χ0n) is 11.8. The first-order valence-electron chi connectivity index (χ1n) is 5.97. The van der Waals surface area contributed by atoms with Gasteiger partial charge in [-0.1, -0.05) is 0 Å². The summed E-state index contributed by atoms with van der Waals surface area (Å²) in [5.41, 5.74) is 8.34. The van der Waals surface area contributed by atoms with Crippen LogP contribution >= 0.6 is 0 Å². The van der Waals surface area contributed by atoms with Crippen LogP contribution in [0.3, 0.4) is 0 Å². The lowest BCUT2D eigenvalue weighted by molar-refractivity contribution is 0.598. The first kappa shape index (κ1) is 14.3. The quantitative estimate of drug-likeness (QED) is 0.826. The van der Waals surface area contributed by atoms with Crippen LogP contribution in [0.2, 0.25) is 0 Å². The number of nitrogens with zero attached hydrogens (tertiary/aromatic N) is 3. The van der Waals surface area contributed by atoms with Gasteiger partial charge < -0.3 is 5.73 Å². The van der Waals surface area contributed by atoms with E-state index >= 15 is 0 Å². The monoisotopic (exact) mass is 295 g/mol. The molecule has 0 aliphatic carbocycles. The molecule has 2 rings (SSSR count). The van der Waals surface area contributed by atoms with Crippen molar-refractivity contribution in [2.24, 2.45) is 7.05 Å². The molecule has 0 spiro atoms. The number of rotatable bonds is 3. The van der Waals surface area contributed by atoms with Gasteiger partial charge in [-0.2, -0.15) is 10.1 Å². The van der Waals surface area contributed by atoms with Gasteiger partial charge in [0.2, 0.25) is 5.95 Å². The highest BCUT2D eigenvalue weighted by Gasteiger charge is 2.23. The van der Waals surface area contributed by atoms with Crippen molar-refractivity contribution in [1.29, 1.82) is 0 Å². The van der Waals surface area contributed by atoms with E-state index in [0.29, 0.717) is 16.8 Å². The van der Waals surface area contributed by atoms with Crippen molar-refractivity contribution in [2.75, 3.05) is 10.5 Å². The Bertz CT molecular complexity index is 738. The van der Waals surface area contributed by atoms with Crippen molar-refractivity contribution in [2.45, 2.75) is 25.7 Å². The van der Waals surface area contributed by atoms with E-state index in [1.807, 2.05) is 6.92 Å². The second-order valence-electron chi connectivity index (χ2n) is 4.67. The SMILES string of the molecule is Cc1cc(N)c(C)c(S(=O)(=O)Nc2ncnn2C)c1C. The number of nitrogens with one attached hydrogen (secondary N) is 1. The van der Waals surface area contributed by atoms with E-state index in [1.54, 1.807) is 27.0 Å². The van der Waals surface area contributed by atoms with E-state index in [2.05, 4.69) is 14.8 Å². The molecule has 0 aliphatic rings. The van der Waals surface area contributed by atoms with Crippen LogP contribution in [0.1, 0.15) is 16.7 Å². The van der Waals surface area contributed by atoms with E-state index in [9.17, 15) is 8.42 Å². The zero-order valence-corrected chi connectivity index (χ0v) is 12.6. The predicted octanol–water partition coefficient (Wildman–Crippen LogP) is 1.12. The Hall–Kier alpha value is -2.09. The number of hydrogen-bond donors (Lipinski definition) is 2. The molecule has 0 bridgehead atoms. The van der Waals surface area contributed by atoms with Gasteiger partial charge >= 0.3 is 0 Å². The van der Waals surface area contributed by atoms with Crippen molar-refractivity contribution in [1.82, 2.24) is 14.8 Å². The third-order valence-electron chi connectivity index (χ3n) is 3.28. The van der Waals surface area contributed by atoms with Crippen molar-refractivity contribution in [3.63, 3.8) is 0 Å². The van der Waals surface area contributed by atoms with Crippen molar-refractivity contribution < 1.29 is 8.42 Å². The molecule has 7 nitrogen and oxygen atoms in total. The zero-order chi connectivity index (χ0) is 15.1. The number of anilines is 2. The number of benzene rings is 1. The number of nitrogen functional groups attached to an aromatic ring is 1. The van der Waals surface area contributed by atoms with E-state index in [0.717, 1.165) is 5.56 Å². The number of nitrogens with two attached hydrogens (primary N) is 1. The lowest BCUT2D eigenvalue weighted by Crippen LogP contribution is -2.19. The fourth-order valence-electron chi connectivity index (χ4n) is 2.00. The van der Waals surface area contributed by atoms with Gasteiger partial charge in [-0.25, -0.2) is 17.8 Å². The van der Waals surface area contributed by atoms with Crippen molar-refractivity contribution in [3.05, 3.63) is 29.1 Å². The maximum atomic E-state index is 12.6. The number of sulfonamides is 1. The first-order valence-corrected chi connectivity index (χ1v) is 7.45. The number of aryl methyl sites for hydroxylation is 2. The Kier molecular flexibility index (Phi) is 3.43. The minimum Gasteiger partial charge on any atom is -0.398 e. The van der Waals surface area contributed by atoms with E-state index in [1.165, 1.54) is 11.0 Å². The molecule has 108 valence electrons. The minimum atomic E-state index is -3.77. The first-order chi connectivity index (χ1) is 9.24. The maximum absolute atomic E-state index is 12.6. The average molecular weight is 295 g/mol. The largest absolute Gasteiger partial charge is 0.398 e. The Morgan fingerprint density at radius 3 is 2.45 bits per heavy atom. The summed E-state index contributed by atoms with van der Waals surface area (Å²) in [6.45, 7) is 5.27. The fraction of sp³-hybridized carbons (Fsp3) is 0.333. The summed E-state index contributed by atoms with van der Waals surface area (Å²) in [5.74, 6) is 0.156. The van der Waals surface area contributed by atoms with Gasteiger partial charge in [0.15, 0.2) is 0 Å². The Morgan fingerprint density at radius 1 is 1.25 bits per heavy atom. The predicted molar refractivity (Wildman–Crippen MR) is 76.9 cm³/mol. The summed E-state index contributed by atoms with van der Waals surface area (Å²) < 4.78 is 28.9. The highest BCUT2D eigenvalue weighted by molar-refractivity contribution is 7.92. The molecule has 1 aromatic carbocycles. The summed E-state index contributed by atoms with van der Waals surface area (Å²) >= 11 is 0. The normalized spacial score (nSPS) is 11.6. The molecule has 20 heavy (non-hydrogen) atoms. The summed E-state index contributed by atoms with van der Waals surface area (Å²) in [4.78, 5) is 4.05. The van der Waals surface area contributed by atoms with Crippen molar-refractivity contribution >= 4 is 21.7 Å². The van der Waals surface area contributed by atoms with Crippen LogP contribution in [-0.4, -0.2) is 23.2 Å². The van der Waals surface area contributed by atoms with Gasteiger partial charge in [0.05, 0.1) is 4.90 Å². The molecule has 1 heterocycles. The van der Waals surface area contributed by atoms with E-state index < -0.39 is 10.0 Å². The van der Waals surface area contributed by atoms with Crippen LogP contribution in [-0.2, 0) is 17.1 Å². The molecule has 2 aromatic rings. The Balaban J connectivity index is 2.58. The third kappa shape index (κ3) is 2.34.